The van der Waals surface area contributed by atoms with E-state index in [9.17, 15) is 9.90 Å². The normalized spacial score (nSPS) is 35.1. The lowest BCUT2D eigenvalue weighted by molar-refractivity contribution is -0.146. The molecule has 1 aromatic rings. The SMILES string of the molecule is Cc1ccc(C2(C(=O)O)CC3CCC2O3)cc1. The van der Waals surface area contributed by atoms with Crippen molar-refractivity contribution in [2.45, 2.75) is 43.8 Å². The Morgan fingerprint density at radius 1 is 1.35 bits per heavy atom. The van der Waals surface area contributed by atoms with Crippen molar-refractivity contribution >= 4 is 5.97 Å². The fourth-order valence-corrected chi connectivity index (χ4v) is 3.21. The summed E-state index contributed by atoms with van der Waals surface area (Å²) < 4.78 is 5.75. The Morgan fingerprint density at radius 2 is 2.06 bits per heavy atom. The molecule has 0 amide bonds. The van der Waals surface area contributed by atoms with Crippen LogP contribution in [0.2, 0.25) is 0 Å². The molecule has 0 spiro atoms. The van der Waals surface area contributed by atoms with Gasteiger partial charge >= 0.3 is 5.97 Å². The average Bonchev–Trinajstić information content (AvgIpc) is 2.90. The molecule has 90 valence electrons. The number of aryl methyl sites for hydroxylation is 1. The maximum absolute atomic E-state index is 11.7. The van der Waals surface area contributed by atoms with Crippen LogP contribution in [-0.2, 0) is 14.9 Å². The number of hydrogen-bond donors (Lipinski definition) is 1. The Balaban J connectivity index is 2.07. The summed E-state index contributed by atoms with van der Waals surface area (Å²) >= 11 is 0. The molecule has 3 unspecified atom stereocenters. The standard InChI is InChI=1S/C14H16O3/c1-9-2-4-10(5-3-9)14(13(15)16)8-11-6-7-12(14)17-11/h2-5,11-12H,6-8H2,1H3,(H,15,16). The van der Waals surface area contributed by atoms with Crippen molar-refractivity contribution in [2.75, 3.05) is 0 Å². The number of hydrogen-bond acceptors (Lipinski definition) is 2. The van der Waals surface area contributed by atoms with Crippen molar-refractivity contribution in [1.82, 2.24) is 0 Å². The highest BCUT2D eigenvalue weighted by Gasteiger charge is 2.58. The second kappa shape index (κ2) is 3.57. The Hall–Kier alpha value is -1.35. The highest BCUT2D eigenvalue weighted by Crippen LogP contribution is 2.49. The van der Waals surface area contributed by atoms with Crippen molar-refractivity contribution < 1.29 is 14.6 Å². The lowest BCUT2D eigenvalue weighted by atomic mass is 9.69. The molecular weight excluding hydrogens is 216 g/mol. The van der Waals surface area contributed by atoms with Crippen LogP contribution in [0, 0.1) is 6.92 Å². The first-order chi connectivity index (χ1) is 8.13. The predicted octanol–water partition coefficient (Wildman–Crippen LogP) is 2.27. The molecule has 3 atom stereocenters. The number of ether oxygens (including phenoxy) is 1. The number of carbonyl (C=O) groups is 1. The smallest absolute Gasteiger partial charge is 0.316 e. The third-order valence-electron chi connectivity index (χ3n) is 4.16. The monoisotopic (exact) mass is 232 g/mol. The van der Waals surface area contributed by atoms with Gasteiger partial charge in [0.25, 0.3) is 0 Å². The van der Waals surface area contributed by atoms with Crippen LogP contribution in [0.4, 0.5) is 0 Å². The molecule has 2 fully saturated rings. The molecule has 2 aliphatic heterocycles. The van der Waals surface area contributed by atoms with Crippen LogP contribution in [0.25, 0.3) is 0 Å². The molecule has 2 heterocycles. The maximum atomic E-state index is 11.7. The summed E-state index contributed by atoms with van der Waals surface area (Å²) in [7, 11) is 0. The molecule has 3 heteroatoms. The van der Waals surface area contributed by atoms with E-state index in [0.29, 0.717) is 6.42 Å². The van der Waals surface area contributed by atoms with Gasteiger partial charge in [-0.1, -0.05) is 29.8 Å². The first-order valence-corrected chi connectivity index (χ1v) is 6.09. The third kappa shape index (κ3) is 1.42. The Kier molecular flexibility index (Phi) is 2.26. The number of benzene rings is 1. The van der Waals surface area contributed by atoms with Crippen LogP contribution in [0.5, 0.6) is 0 Å². The Bertz CT molecular complexity index is 451. The Labute approximate surface area is 100 Å². The van der Waals surface area contributed by atoms with E-state index in [0.717, 1.165) is 24.0 Å². The van der Waals surface area contributed by atoms with Gasteiger partial charge in [-0.15, -0.1) is 0 Å². The molecule has 3 nitrogen and oxygen atoms in total. The largest absolute Gasteiger partial charge is 0.481 e. The molecule has 1 N–H and O–H groups in total. The van der Waals surface area contributed by atoms with Crippen LogP contribution in [0.15, 0.2) is 24.3 Å². The molecule has 0 radical (unpaired) electrons. The first kappa shape index (κ1) is 10.8. The zero-order chi connectivity index (χ0) is 12.0. The lowest BCUT2D eigenvalue weighted by Crippen LogP contribution is -2.44. The highest BCUT2D eigenvalue weighted by atomic mass is 16.5. The molecule has 3 rings (SSSR count). The van der Waals surface area contributed by atoms with E-state index < -0.39 is 11.4 Å². The zero-order valence-corrected chi connectivity index (χ0v) is 9.85. The van der Waals surface area contributed by atoms with Crippen LogP contribution in [-0.4, -0.2) is 23.3 Å². The summed E-state index contributed by atoms with van der Waals surface area (Å²) in [5, 5.41) is 9.63. The average molecular weight is 232 g/mol. The molecule has 17 heavy (non-hydrogen) atoms. The minimum absolute atomic E-state index is 0.136. The molecule has 0 saturated carbocycles. The molecule has 2 bridgehead atoms. The van der Waals surface area contributed by atoms with Gasteiger partial charge < -0.3 is 9.84 Å². The summed E-state index contributed by atoms with van der Waals surface area (Å²) in [6, 6.07) is 7.83. The topological polar surface area (TPSA) is 46.5 Å². The Morgan fingerprint density at radius 3 is 2.53 bits per heavy atom. The van der Waals surface area contributed by atoms with Gasteiger partial charge in [0, 0.05) is 0 Å². The molecule has 0 aliphatic carbocycles. The van der Waals surface area contributed by atoms with E-state index >= 15 is 0 Å². The van der Waals surface area contributed by atoms with Gasteiger partial charge in [0.15, 0.2) is 0 Å². The van der Waals surface area contributed by atoms with Crippen LogP contribution >= 0.6 is 0 Å². The fraction of sp³-hybridized carbons (Fsp3) is 0.500. The number of rotatable bonds is 2. The van der Waals surface area contributed by atoms with Crippen molar-refractivity contribution in [3.8, 4) is 0 Å². The summed E-state index contributed by atoms with van der Waals surface area (Å²) in [5.74, 6) is -0.742. The highest BCUT2D eigenvalue weighted by molar-refractivity contribution is 5.83. The maximum Gasteiger partial charge on any atom is 0.316 e. The molecule has 2 saturated heterocycles. The van der Waals surface area contributed by atoms with E-state index in [4.69, 9.17) is 4.74 Å². The molecule has 1 aromatic carbocycles. The van der Waals surface area contributed by atoms with E-state index in [-0.39, 0.29) is 12.2 Å². The minimum Gasteiger partial charge on any atom is -0.481 e. The summed E-state index contributed by atoms with van der Waals surface area (Å²) in [6.07, 6.45) is 2.48. The lowest BCUT2D eigenvalue weighted by Gasteiger charge is -2.31. The zero-order valence-electron chi connectivity index (χ0n) is 9.85. The van der Waals surface area contributed by atoms with E-state index in [1.807, 2.05) is 31.2 Å². The third-order valence-corrected chi connectivity index (χ3v) is 4.16. The molecular formula is C14H16O3. The van der Waals surface area contributed by atoms with Crippen molar-refractivity contribution in [3.63, 3.8) is 0 Å². The fourth-order valence-electron chi connectivity index (χ4n) is 3.21. The summed E-state index contributed by atoms with van der Waals surface area (Å²) in [4.78, 5) is 11.7. The minimum atomic E-state index is -0.809. The van der Waals surface area contributed by atoms with E-state index in [1.165, 1.54) is 0 Å². The van der Waals surface area contributed by atoms with Gasteiger partial charge in [0.2, 0.25) is 0 Å². The van der Waals surface area contributed by atoms with Crippen LogP contribution in [0.1, 0.15) is 30.4 Å². The number of fused-ring (bicyclic) bond motifs is 2. The van der Waals surface area contributed by atoms with Gasteiger partial charge in [-0.2, -0.15) is 0 Å². The number of aliphatic carboxylic acids is 1. The van der Waals surface area contributed by atoms with Gasteiger partial charge in [-0.3, -0.25) is 4.79 Å². The van der Waals surface area contributed by atoms with Gasteiger partial charge in [0.05, 0.1) is 12.2 Å². The second-order valence-corrected chi connectivity index (χ2v) is 5.17. The predicted molar refractivity (Wildman–Crippen MR) is 63.0 cm³/mol. The molecule has 2 aliphatic rings. The summed E-state index contributed by atoms with van der Waals surface area (Å²) in [5.41, 5.74) is 1.23. The number of carboxylic acids is 1. The quantitative estimate of drug-likeness (QED) is 0.850. The first-order valence-electron chi connectivity index (χ1n) is 6.09. The van der Waals surface area contributed by atoms with Crippen LogP contribution < -0.4 is 0 Å². The number of carboxylic acid groups (broad SMARTS) is 1. The van der Waals surface area contributed by atoms with E-state index in [1.54, 1.807) is 0 Å². The molecule has 0 aromatic heterocycles. The van der Waals surface area contributed by atoms with E-state index in [2.05, 4.69) is 0 Å². The van der Waals surface area contributed by atoms with Gasteiger partial charge in [-0.05, 0) is 31.7 Å². The van der Waals surface area contributed by atoms with Crippen LogP contribution in [0.3, 0.4) is 0 Å². The van der Waals surface area contributed by atoms with Gasteiger partial charge in [-0.25, -0.2) is 0 Å². The second-order valence-electron chi connectivity index (χ2n) is 5.17. The van der Waals surface area contributed by atoms with Crippen molar-refractivity contribution in [2.24, 2.45) is 0 Å². The summed E-state index contributed by atoms with van der Waals surface area (Å²) in [6.45, 7) is 2.01. The van der Waals surface area contributed by atoms with Crippen molar-refractivity contribution in [1.29, 1.82) is 0 Å². The van der Waals surface area contributed by atoms with Crippen molar-refractivity contribution in [3.05, 3.63) is 35.4 Å². The van der Waals surface area contributed by atoms with Gasteiger partial charge in [0.1, 0.15) is 5.41 Å².